The van der Waals surface area contributed by atoms with E-state index < -0.39 is 5.97 Å². The number of aliphatic carboxylic acids is 1. The molecule has 0 unspecified atom stereocenters. The number of rotatable bonds is 12. The van der Waals surface area contributed by atoms with Crippen molar-refractivity contribution in [3.05, 3.63) is 100 Å². The average molecular weight is 534 g/mol. The third-order valence-electron chi connectivity index (χ3n) is 5.64. The van der Waals surface area contributed by atoms with Crippen LogP contribution in [0.3, 0.4) is 0 Å². The van der Waals surface area contributed by atoms with Gasteiger partial charge in [-0.2, -0.15) is 0 Å². The summed E-state index contributed by atoms with van der Waals surface area (Å²) in [6, 6.07) is 25.4. The summed E-state index contributed by atoms with van der Waals surface area (Å²) in [6.45, 7) is 1.19. The zero-order chi connectivity index (χ0) is 26.0. The van der Waals surface area contributed by atoms with Crippen molar-refractivity contribution in [2.45, 2.75) is 32.5 Å². The second-order valence-corrected chi connectivity index (χ2v) is 10.1. The van der Waals surface area contributed by atoms with Gasteiger partial charge in [0, 0.05) is 13.0 Å². The predicted octanol–water partition coefficient (Wildman–Crippen LogP) is 6.30. The first-order valence-electron chi connectivity index (χ1n) is 11.9. The van der Waals surface area contributed by atoms with E-state index >= 15 is 0 Å². The highest BCUT2D eigenvalue weighted by atomic mass is 32.2. The van der Waals surface area contributed by atoms with Crippen molar-refractivity contribution in [2.24, 2.45) is 0 Å². The molecule has 0 bridgehead atoms. The number of amides is 1. The number of benzene rings is 3. The number of carbonyl (C=O) groups excluding carboxylic acids is 1. The first kappa shape index (κ1) is 26.4. The minimum Gasteiger partial charge on any atom is -0.485 e. The molecule has 0 aromatic heterocycles. The van der Waals surface area contributed by atoms with Crippen LogP contribution in [0.5, 0.6) is 11.5 Å². The van der Waals surface area contributed by atoms with E-state index in [1.807, 2.05) is 78.9 Å². The lowest BCUT2D eigenvalue weighted by Gasteiger charge is -2.14. The monoisotopic (exact) mass is 533 g/mol. The van der Waals surface area contributed by atoms with Crippen molar-refractivity contribution in [1.29, 1.82) is 0 Å². The second kappa shape index (κ2) is 13.1. The van der Waals surface area contributed by atoms with E-state index in [2.05, 4.69) is 0 Å². The fraction of sp³-hybridized carbons (Fsp3) is 0.207. The molecule has 190 valence electrons. The molecule has 8 heteroatoms. The van der Waals surface area contributed by atoms with Crippen LogP contribution in [-0.4, -0.2) is 32.7 Å². The van der Waals surface area contributed by atoms with Crippen LogP contribution in [0.4, 0.5) is 0 Å². The van der Waals surface area contributed by atoms with Crippen LogP contribution in [0.25, 0.3) is 6.08 Å². The lowest BCUT2D eigenvalue weighted by molar-refractivity contribution is -0.137. The summed E-state index contributed by atoms with van der Waals surface area (Å²) in [7, 11) is 0. The fourth-order valence-corrected chi connectivity index (χ4v) is 5.02. The Morgan fingerprint density at radius 2 is 1.51 bits per heavy atom. The van der Waals surface area contributed by atoms with E-state index in [0.29, 0.717) is 53.3 Å². The van der Waals surface area contributed by atoms with Crippen LogP contribution in [0.1, 0.15) is 36.0 Å². The second-order valence-electron chi connectivity index (χ2n) is 8.44. The van der Waals surface area contributed by atoms with Gasteiger partial charge in [-0.15, -0.1) is 0 Å². The van der Waals surface area contributed by atoms with Crippen LogP contribution < -0.4 is 9.47 Å². The molecule has 1 amide bonds. The number of carbonyl (C=O) groups is 2. The van der Waals surface area contributed by atoms with E-state index in [-0.39, 0.29) is 12.3 Å². The van der Waals surface area contributed by atoms with Crippen molar-refractivity contribution >= 4 is 46.3 Å². The maximum absolute atomic E-state index is 12.9. The van der Waals surface area contributed by atoms with Crippen molar-refractivity contribution < 1.29 is 24.2 Å². The van der Waals surface area contributed by atoms with Crippen LogP contribution >= 0.6 is 24.0 Å². The highest BCUT2D eigenvalue weighted by Gasteiger charge is 2.31. The summed E-state index contributed by atoms with van der Waals surface area (Å²) in [6.07, 6.45) is 2.96. The lowest BCUT2D eigenvalue weighted by atomic mass is 10.1. The summed E-state index contributed by atoms with van der Waals surface area (Å²) < 4.78 is 12.7. The topological polar surface area (TPSA) is 76.1 Å². The summed E-state index contributed by atoms with van der Waals surface area (Å²) in [4.78, 5) is 25.7. The number of nitrogens with zero attached hydrogens (tertiary/aromatic N) is 1. The molecular formula is C29H27NO5S2. The zero-order valence-electron chi connectivity index (χ0n) is 20.2. The zero-order valence-corrected chi connectivity index (χ0v) is 21.8. The van der Waals surface area contributed by atoms with Gasteiger partial charge in [0.05, 0.1) is 4.91 Å². The summed E-state index contributed by atoms with van der Waals surface area (Å²) in [5.74, 6) is 0.189. The molecule has 1 saturated heterocycles. The van der Waals surface area contributed by atoms with Gasteiger partial charge in [0.25, 0.3) is 5.91 Å². The fourth-order valence-electron chi connectivity index (χ4n) is 3.71. The Kier molecular flexibility index (Phi) is 9.35. The van der Waals surface area contributed by atoms with Gasteiger partial charge < -0.3 is 14.6 Å². The quantitative estimate of drug-likeness (QED) is 0.166. The molecule has 37 heavy (non-hydrogen) atoms. The van der Waals surface area contributed by atoms with Crippen molar-refractivity contribution in [1.82, 2.24) is 4.90 Å². The lowest BCUT2D eigenvalue weighted by Crippen LogP contribution is -2.29. The van der Waals surface area contributed by atoms with Crippen molar-refractivity contribution in [3.8, 4) is 11.5 Å². The predicted molar refractivity (Wildman–Crippen MR) is 149 cm³/mol. The Labute approximate surface area is 225 Å². The molecule has 1 heterocycles. The SMILES string of the molecule is O=C(O)CCCCN1C(=O)/C(=C/c2ccc(OCc3ccccc3)c(OCc3ccccc3)c2)SC1=S. The third-order valence-corrected chi connectivity index (χ3v) is 7.01. The molecule has 0 spiro atoms. The average Bonchev–Trinajstić information content (AvgIpc) is 3.17. The maximum atomic E-state index is 12.9. The largest absolute Gasteiger partial charge is 0.485 e. The molecule has 4 rings (SSSR count). The maximum Gasteiger partial charge on any atom is 0.303 e. The van der Waals surface area contributed by atoms with Crippen molar-refractivity contribution in [2.75, 3.05) is 6.54 Å². The van der Waals surface area contributed by atoms with Gasteiger partial charge in [0.1, 0.15) is 17.5 Å². The summed E-state index contributed by atoms with van der Waals surface area (Å²) in [5.41, 5.74) is 2.87. The van der Waals surface area contributed by atoms with E-state index in [1.54, 1.807) is 6.08 Å². The van der Waals surface area contributed by atoms with E-state index in [0.717, 1.165) is 16.7 Å². The Bertz CT molecular complexity index is 1280. The number of unbranched alkanes of at least 4 members (excludes halogenated alkanes) is 1. The van der Waals surface area contributed by atoms with Gasteiger partial charge in [-0.25, -0.2) is 0 Å². The van der Waals surface area contributed by atoms with Gasteiger partial charge in [0.2, 0.25) is 0 Å². The first-order valence-corrected chi connectivity index (χ1v) is 13.2. The molecule has 3 aromatic carbocycles. The molecule has 1 fully saturated rings. The van der Waals surface area contributed by atoms with E-state index in [1.165, 1.54) is 16.7 Å². The normalized spacial score (nSPS) is 14.3. The molecule has 6 nitrogen and oxygen atoms in total. The summed E-state index contributed by atoms with van der Waals surface area (Å²) >= 11 is 6.65. The molecule has 0 saturated carbocycles. The standard InChI is InChI=1S/C29H27NO5S2/c31-27(32)13-7-8-16-30-28(33)26(37-29(30)36)18-23-14-15-24(34-19-21-9-3-1-4-10-21)25(17-23)35-20-22-11-5-2-6-12-22/h1-6,9-12,14-15,17-18H,7-8,13,16,19-20H2,(H,31,32)/b26-18-. The highest BCUT2D eigenvalue weighted by Crippen LogP contribution is 2.35. The first-order chi connectivity index (χ1) is 18.0. The Hall–Kier alpha value is -3.62. The number of hydrogen-bond donors (Lipinski definition) is 1. The Morgan fingerprint density at radius 3 is 2.14 bits per heavy atom. The number of carboxylic acids is 1. The van der Waals surface area contributed by atoms with E-state index in [4.69, 9.17) is 26.8 Å². The molecule has 0 atom stereocenters. The number of hydrogen-bond acceptors (Lipinski definition) is 6. The molecule has 0 aliphatic carbocycles. The number of carboxylic acid groups (broad SMARTS) is 1. The number of ether oxygens (including phenoxy) is 2. The Balaban J connectivity index is 1.49. The highest BCUT2D eigenvalue weighted by molar-refractivity contribution is 8.26. The summed E-state index contributed by atoms with van der Waals surface area (Å²) in [5, 5.41) is 8.81. The number of thioether (sulfide) groups is 1. The van der Waals surface area contributed by atoms with Gasteiger partial charge in [-0.05, 0) is 47.7 Å². The van der Waals surface area contributed by atoms with Crippen LogP contribution in [0, 0.1) is 0 Å². The minimum absolute atomic E-state index is 0.0785. The van der Waals surface area contributed by atoms with Gasteiger partial charge in [-0.3, -0.25) is 14.5 Å². The molecular weight excluding hydrogens is 506 g/mol. The van der Waals surface area contributed by atoms with Gasteiger partial charge >= 0.3 is 5.97 Å². The van der Waals surface area contributed by atoms with Gasteiger partial charge in [0.15, 0.2) is 11.5 Å². The smallest absolute Gasteiger partial charge is 0.303 e. The van der Waals surface area contributed by atoms with Crippen LogP contribution in [0.2, 0.25) is 0 Å². The third kappa shape index (κ3) is 7.68. The van der Waals surface area contributed by atoms with Crippen LogP contribution in [-0.2, 0) is 22.8 Å². The molecule has 1 aliphatic rings. The van der Waals surface area contributed by atoms with Crippen LogP contribution in [0.15, 0.2) is 83.8 Å². The van der Waals surface area contributed by atoms with Crippen molar-refractivity contribution in [3.63, 3.8) is 0 Å². The Morgan fingerprint density at radius 1 is 0.892 bits per heavy atom. The van der Waals surface area contributed by atoms with E-state index in [9.17, 15) is 9.59 Å². The molecule has 1 N–H and O–H groups in total. The number of thiocarbonyl (C=S) groups is 1. The molecule has 0 radical (unpaired) electrons. The molecule has 1 aliphatic heterocycles. The molecule has 3 aromatic rings. The minimum atomic E-state index is -0.841. The van der Waals surface area contributed by atoms with Gasteiger partial charge in [-0.1, -0.05) is 90.7 Å².